The summed E-state index contributed by atoms with van der Waals surface area (Å²) in [6, 6.07) is 10.7. The van der Waals surface area contributed by atoms with Gasteiger partial charge in [-0.3, -0.25) is 9.69 Å². The second kappa shape index (κ2) is 6.68. The van der Waals surface area contributed by atoms with Crippen LogP contribution in [0.5, 0.6) is 0 Å². The molecule has 1 aliphatic heterocycles. The molecule has 0 aromatic heterocycles. The fourth-order valence-corrected chi connectivity index (χ4v) is 2.43. The maximum absolute atomic E-state index is 11.3. The molecular formula is C15H21NO3. The van der Waals surface area contributed by atoms with Crippen molar-refractivity contribution in [1.29, 1.82) is 0 Å². The molecule has 2 unspecified atom stereocenters. The monoisotopic (exact) mass is 263 g/mol. The Balaban J connectivity index is 1.95. The molecule has 1 aliphatic rings. The van der Waals surface area contributed by atoms with Crippen molar-refractivity contribution in [3.8, 4) is 0 Å². The van der Waals surface area contributed by atoms with E-state index in [-0.39, 0.29) is 12.1 Å². The van der Waals surface area contributed by atoms with Gasteiger partial charge in [-0.05, 0) is 12.5 Å². The second-order valence-corrected chi connectivity index (χ2v) is 4.85. The third kappa shape index (κ3) is 3.78. The SMILES string of the molecule is COC(=O)CC1CN(C(C)c2ccccc2)CCO1. The van der Waals surface area contributed by atoms with Crippen LogP contribution in [0.3, 0.4) is 0 Å². The van der Waals surface area contributed by atoms with Crippen LogP contribution in [0.15, 0.2) is 30.3 Å². The first-order valence-electron chi connectivity index (χ1n) is 6.68. The van der Waals surface area contributed by atoms with Gasteiger partial charge in [-0.15, -0.1) is 0 Å². The fourth-order valence-electron chi connectivity index (χ4n) is 2.43. The highest BCUT2D eigenvalue weighted by Crippen LogP contribution is 2.23. The minimum absolute atomic E-state index is 0.0626. The minimum atomic E-state index is -0.209. The number of nitrogens with zero attached hydrogens (tertiary/aromatic N) is 1. The van der Waals surface area contributed by atoms with Crippen LogP contribution < -0.4 is 0 Å². The van der Waals surface area contributed by atoms with Gasteiger partial charge < -0.3 is 9.47 Å². The Bertz CT molecular complexity index is 407. The molecule has 0 bridgehead atoms. The van der Waals surface area contributed by atoms with Crippen molar-refractivity contribution < 1.29 is 14.3 Å². The molecule has 0 spiro atoms. The number of hydrogen-bond donors (Lipinski definition) is 0. The molecule has 1 saturated heterocycles. The van der Waals surface area contributed by atoms with E-state index in [0.29, 0.717) is 19.1 Å². The zero-order valence-corrected chi connectivity index (χ0v) is 11.5. The van der Waals surface area contributed by atoms with Gasteiger partial charge in [-0.1, -0.05) is 30.3 Å². The van der Waals surface area contributed by atoms with Crippen LogP contribution >= 0.6 is 0 Å². The Hall–Kier alpha value is -1.39. The Morgan fingerprint density at radius 1 is 1.47 bits per heavy atom. The van der Waals surface area contributed by atoms with E-state index in [9.17, 15) is 4.79 Å². The quantitative estimate of drug-likeness (QED) is 0.779. The molecule has 0 saturated carbocycles. The molecule has 0 amide bonds. The van der Waals surface area contributed by atoms with E-state index in [1.165, 1.54) is 12.7 Å². The number of morpholine rings is 1. The lowest BCUT2D eigenvalue weighted by atomic mass is 10.1. The topological polar surface area (TPSA) is 38.8 Å². The van der Waals surface area contributed by atoms with E-state index in [1.54, 1.807) is 0 Å². The molecule has 4 nitrogen and oxygen atoms in total. The molecule has 2 rings (SSSR count). The van der Waals surface area contributed by atoms with Gasteiger partial charge in [-0.25, -0.2) is 0 Å². The smallest absolute Gasteiger partial charge is 0.308 e. The van der Waals surface area contributed by atoms with Gasteiger partial charge in [0.15, 0.2) is 0 Å². The predicted molar refractivity (Wildman–Crippen MR) is 72.8 cm³/mol. The minimum Gasteiger partial charge on any atom is -0.469 e. The number of benzene rings is 1. The van der Waals surface area contributed by atoms with Crippen molar-refractivity contribution in [1.82, 2.24) is 4.90 Å². The summed E-state index contributed by atoms with van der Waals surface area (Å²) in [5.74, 6) is -0.209. The zero-order chi connectivity index (χ0) is 13.7. The molecule has 1 heterocycles. The van der Waals surface area contributed by atoms with Crippen molar-refractivity contribution in [3.05, 3.63) is 35.9 Å². The van der Waals surface area contributed by atoms with Gasteiger partial charge in [0.05, 0.1) is 26.2 Å². The van der Waals surface area contributed by atoms with Crippen LogP contribution in [0.25, 0.3) is 0 Å². The first-order chi connectivity index (χ1) is 9.20. The number of hydrogen-bond acceptors (Lipinski definition) is 4. The molecular weight excluding hydrogens is 242 g/mol. The number of carbonyl (C=O) groups excluding carboxylic acids is 1. The normalized spacial score (nSPS) is 21.9. The molecule has 4 heteroatoms. The highest BCUT2D eigenvalue weighted by Gasteiger charge is 2.26. The average molecular weight is 263 g/mol. The molecule has 1 aromatic carbocycles. The summed E-state index contributed by atoms with van der Waals surface area (Å²) in [7, 11) is 1.41. The van der Waals surface area contributed by atoms with E-state index in [4.69, 9.17) is 9.47 Å². The van der Waals surface area contributed by atoms with Crippen LogP contribution in [0, 0.1) is 0 Å². The van der Waals surface area contributed by atoms with E-state index in [1.807, 2.05) is 6.07 Å². The zero-order valence-electron chi connectivity index (χ0n) is 11.5. The van der Waals surface area contributed by atoms with E-state index in [2.05, 4.69) is 36.1 Å². The Labute approximate surface area is 114 Å². The standard InChI is InChI=1S/C15H21NO3/c1-12(13-6-4-3-5-7-13)16-8-9-19-14(11-16)10-15(17)18-2/h3-7,12,14H,8-11H2,1-2H3. The lowest BCUT2D eigenvalue weighted by Crippen LogP contribution is -2.44. The summed E-state index contributed by atoms with van der Waals surface area (Å²) < 4.78 is 10.3. The lowest BCUT2D eigenvalue weighted by Gasteiger charge is -2.36. The molecule has 19 heavy (non-hydrogen) atoms. The van der Waals surface area contributed by atoms with Gasteiger partial charge in [0.2, 0.25) is 0 Å². The van der Waals surface area contributed by atoms with Gasteiger partial charge in [-0.2, -0.15) is 0 Å². The molecule has 0 radical (unpaired) electrons. The number of ether oxygens (including phenoxy) is 2. The van der Waals surface area contributed by atoms with Crippen molar-refractivity contribution in [3.63, 3.8) is 0 Å². The van der Waals surface area contributed by atoms with Crippen molar-refractivity contribution >= 4 is 5.97 Å². The van der Waals surface area contributed by atoms with E-state index in [0.717, 1.165) is 13.1 Å². The van der Waals surface area contributed by atoms with Gasteiger partial charge in [0, 0.05) is 19.1 Å². The number of methoxy groups -OCH3 is 1. The summed E-state index contributed by atoms with van der Waals surface area (Å²) in [4.78, 5) is 13.7. The van der Waals surface area contributed by atoms with E-state index < -0.39 is 0 Å². The first kappa shape index (κ1) is 14.0. The summed E-state index contributed by atoms with van der Waals surface area (Å²) in [5.41, 5.74) is 1.29. The van der Waals surface area contributed by atoms with Crippen molar-refractivity contribution in [2.24, 2.45) is 0 Å². The third-order valence-corrected chi connectivity index (χ3v) is 3.62. The summed E-state index contributed by atoms with van der Waals surface area (Å²) in [5, 5.41) is 0. The highest BCUT2D eigenvalue weighted by atomic mass is 16.5. The molecule has 0 N–H and O–H groups in total. The molecule has 2 atom stereocenters. The van der Waals surface area contributed by atoms with Crippen LogP contribution in [-0.2, 0) is 14.3 Å². The molecule has 104 valence electrons. The predicted octanol–water partition coefficient (Wildman–Crippen LogP) is 2.01. The third-order valence-electron chi connectivity index (χ3n) is 3.62. The number of rotatable bonds is 4. The largest absolute Gasteiger partial charge is 0.469 e. The van der Waals surface area contributed by atoms with Crippen molar-refractivity contribution in [2.45, 2.75) is 25.5 Å². The summed E-state index contributed by atoms with van der Waals surface area (Å²) in [6.07, 6.45) is 0.265. The van der Waals surface area contributed by atoms with Crippen LogP contribution in [0.4, 0.5) is 0 Å². The second-order valence-electron chi connectivity index (χ2n) is 4.85. The Morgan fingerprint density at radius 3 is 2.89 bits per heavy atom. The molecule has 1 fully saturated rings. The first-order valence-corrected chi connectivity index (χ1v) is 6.68. The maximum atomic E-state index is 11.3. The van der Waals surface area contributed by atoms with Crippen LogP contribution in [-0.4, -0.2) is 43.8 Å². The lowest BCUT2D eigenvalue weighted by molar-refractivity contribution is -0.146. The van der Waals surface area contributed by atoms with Crippen LogP contribution in [0.1, 0.15) is 24.9 Å². The van der Waals surface area contributed by atoms with Crippen molar-refractivity contribution in [2.75, 3.05) is 26.8 Å². The van der Waals surface area contributed by atoms with E-state index >= 15 is 0 Å². The average Bonchev–Trinajstić information content (AvgIpc) is 2.47. The van der Waals surface area contributed by atoms with Gasteiger partial charge in [0.25, 0.3) is 0 Å². The maximum Gasteiger partial charge on any atom is 0.308 e. The van der Waals surface area contributed by atoms with Crippen LogP contribution in [0.2, 0.25) is 0 Å². The summed E-state index contributed by atoms with van der Waals surface area (Å²) in [6.45, 7) is 4.52. The number of esters is 1. The Kier molecular flexibility index (Phi) is 4.93. The van der Waals surface area contributed by atoms with Gasteiger partial charge >= 0.3 is 5.97 Å². The fraction of sp³-hybridized carbons (Fsp3) is 0.533. The Morgan fingerprint density at radius 2 is 2.21 bits per heavy atom. The highest BCUT2D eigenvalue weighted by molar-refractivity contribution is 5.69. The summed E-state index contributed by atoms with van der Waals surface area (Å²) >= 11 is 0. The molecule has 1 aromatic rings. The van der Waals surface area contributed by atoms with Gasteiger partial charge in [0.1, 0.15) is 0 Å². The number of carbonyl (C=O) groups is 1. The molecule has 0 aliphatic carbocycles.